The Hall–Kier alpha value is -1.85. The van der Waals surface area contributed by atoms with Crippen LogP contribution in [0.5, 0.6) is 0 Å². The minimum Gasteiger partial charge on any atom is -0.338 e. The highest BCUT2D eigenvalue weighted by Gasteiger charge is 2.21. The molecule has 92 valence electrons. The zero-order valence-electron chi connectivity index (χ0n) is 9.73. The summed E-state index contributed by atoms with van der Waals surface area (Å²) in [4.78, 5) is 39.1. The fourth-order valence-corrected chi connectivity index (χ4v) is 1.99. The van der Waals surface area contributed by atoms with E-state index in [-0.39, 0.29) is 11.5 Å². The second-order valence-corrected chi connectivity index (χ2v) is 4.22. The van der Waals surface area contributed by atoms with Crippen LogP contribution in [0.4, 0.5) is 0 Å². The Kier molecular flexibility index (Phi) is 3.12. The monoisotopic (exact) mass is 237 g/mol. The lowest BCUT2D eigenvalue weighted by Gasteiger charge is -2.26. The van der Waals surface area contributed by atoms with Crippen molar-refractivity contribution < 1.29 is 4.79 Å². The molecule has 0 unspecified atom stereocenters. The van der Waals surface area contributed by atoms with Gasteiger partial charge in [-0.1, -0.05) is 0 Å². The third kappa shape index (κ3) is 2.15. The van der Waals surface area contributed by atoms with E-state index >= 15 is 0 Å². The number of carbonyl (C=O) groups is 1. The van der Waals surface area contributed by atoms with Crippen LogP contribution < -0.4 is 11.2 Å². The standard InChI is InChI=1S/C11H15N3O3/c1-13-9(15)8(7-12-11(13)17)10(16)14-5-3-2-4-6-14/h7H,2-6H2,1H3,(H,12,17). The van der Waals surface area contributed by atoms with Gasteiger partial charge in [-0.15, -0.1) is 0 Å². The van der Waals surface area contributed by atoms with Gasteiger partial charge in [-0.3, -0.25) is 14.2 Å². The van der Waals surface area contributed by atoms with Crippen molar-refractivity contribution in [3.8, 4) is 0 Å². The van der Waals surface area contributed by atoms with Crippen molar-refractivity contribution in [2.75, 3.05) is 13.1 Å². The van der Waals surface area contributed by atoms with Crippen molar-refractivity contribution in [2.45, 2.75) is 19.3 Å². The molecule has 1 aromatic heterocycles. The number of amides is 1. The van der Waals surface area contributed by atoms with Crippen LogP contribution in [-0.4, -0.2) is 33.4 Å². The lowest BCUT2D eigenvalue weighted by Crippen LogP contribution is -2.42. The number of nitrogens with one attached hydrogen (secondary N) is 1. The average molecular weight is 237 g/mol. The quantitative estimate of drug-likeness (QED) is 0.728. The first kappa shape index (κ1) is 11.6. The average Bonchev–Trinajstić information content (AvgIpc) is 2.36. The molecular formula is C11H15N3O3. The minimum atomic E-state index is -0.538. The molecular weight excluding hydrogens is 222 g/mol. The first-order valence-electron chi connectivity index (χ1n) is 5.69. The van der Waals surface area contributed by atoms with Crippen molar-refractivity contribution in [2.24, 2.45) is 7.05 Å². The summed E-state index contributed by atoms with van der Waals surface area (Å²) < 4.78 is 0.914. The Morgan fingerprint density at radius 2 is 1.88 bits per heavy atom. The largest absolute Gasteiger partial charge is 0.338 e. The maximum Gasteiger partial charge on any atom is 0.328 e. The maximum absolute atomic E-state index is 12.1. The molecule has 1 fully saturated rings. The van der Waals surface area contributed by atoms with Gasteiger partial charge in [-0.2, -0.15) is 0 Å². The highest BCUT2D eigenvalue weighted by atomic mass is 16.2. The Morgan fingerprint density at radius 3 is 2.53 bits per heavy atom. The van der Waals surface area contributed by atoms with Crippen molar-refractivity contribution >= 4 is 5.91 Å². The molecule has 2 rings (SSSR count). The van der Waals surface area contributed by atoms with Gasteiger partial charge >= 0.3 is 5.69 Å². The van der Waals surface area contributed by atoms with E-state index in [1.807, 2.05) is 0 Å². The molecule has 1 amide bonds. The van der Waals surface area contributed by atoms with E-state index in [0.29, 0.717) is 13.1 Å². The molecule has 17 heavy (non-hydrogen) atoms. The van der Waals surface area contributed by atoms with Gasteiger partial charge in [0.2, 0.25) is 0 Å². The summed E-state index contributed by atoms with van der Waals surface area (Å²) >= 11 is 0. The van der Waals surface area contributed by atoms with Gasteiger partial charge < -0.3 is 9.88 Å². The number of hydrogen-bond donors (Lipinski definition) is 1. The Bertz CT molecular complexity index is 538. The molecule has 0 aromatic carbocycles. The molecule has 1 aliphatic heterocycles. The van der Waals surface area contributed by atoms with Gasteiger partial charge in [0.05, 0.1) is 0 Å². The first-order valence-corrected chi connectivity index (χ1v) is 5.69. The zero-order valence-corrected chi connectivity index (χ0v) is 9.73. The van der Waals surface area contributed by atoms with Crippen molar-refractivity contribution in [3.63, 3.8) is 0 Å². The van der Waals surface area contributed by atoms with Crippen LogP contribution in [-0.2, 0) is 7.05 Å². The number of carbonyl (C=O) groups excluding carboxylic acids is 1. The number of aromatic nitrogens is 2. The van der Waals surface area contributed by atoms with Crippen LogP contribution in [0, 0.1) is 0 Å². The predicted octanol–water partition coefficient (Wildman–Crippen LogP) is -0.300. The van der Waals surface area contributed by atoms with Crippen LogP contribution in [0.2, 0.25) is 0 Å². The number of piperidine rings is 1. The number of hydrogen-bond acceptors (Lipinski definition) is 3. The van der Waals surface area contributed by atoms with Crippen LogP contribution in [0.15, 0.2) is 15.8 Å². The Morgan fingerprint density at radius 1 is 1.24 bits per heavy atom. The molecule has 2 heterocycles. The molecule has 1 aliphatic rings. The normalized spacial score (nSPS) is 15.9. The maximum atomic E-state index is 12.1. The molecule has 0 aliphatic carbocycles. The fourth-order valence-electron chi connectivity index (χ4n) is 1.99. The number of H-pyrrole nitrogens is 1. The molecule has 1 saturated heterocycles. The lowest BCUT2D eigenvalue weighted by atomic mass is 10.1. The third-order valence-electron chi connectivity index (χ3n) is 3.05. The van der Waals surface area contributed by atoms with Crippen molar-refractivity contribution in [1.29, 1.82) is 0 Å². The summed E-state index contributed by atoms with van der Waals surface area (Å²) in [7, 11) is 1.36. The molecule has 0 radical (unpaired) electrons. The van der Waals surface area contributed by atoms with E-state index in [0.717, 1.165) is 23.8 Å². The molecule has 0 bridgehead atoms. The van der Waals surface area contributed by atoms with Gasteiger partial charge in [-0.05, 0) is 19.3 Å². The molecule has 6 nitrogen and oxygen atoms in total. The van der Waals surface area contributed by atoms with Gasteiger partial charge in [0.15, 0.2) is 0 Å². The lowest BCUT2D eigenvalue weighted by molar-refractivity contribution is 0.0721. The fraction of sp³-hybridized carbons (Fsp3) is 0.545. The summed E-state index contributed by atoms with van der Waals surface area (Å²) in [5, 5.41) is 0. The van der Waals surface area contributed by atoms with Gasteiger partial charge in [0.1, 0.15) is 5.56 Å². The molecule has 0 spiro atoms. The molecule has 0 atom stereocenters. The minimum absolute atomic E-state index is 0.0361. The molecule has 6 heteroatoms. The van der Waals surface area contributed by atoms with Crippen LogP contribution in [0.1, 0.15) is 29.6 Å². The predicted molar refractivity (Wildman–Crippen MR) is 62.1 cm³/mol. The number of rotatable bonds is 1. The van der Waals surface area contributed by atoms with E-state index in [1.54, 1.807) is 4.90 Å². The Balaban J connectivity index is 2.34. The van der Waals surface area contributed by atoms with Gasteiger partial charge in [-0.25, -0.2) is 4.79 Å². The number of likely N-dealkylation sites (tertiary alicyclic amines) is 1. The van der Waals surface area contributed by atoms with E-state index in [9.17, 15) is 14.4 Å². The van der Waals surface area contributed by atoms with Crippen LogP contribution in [0.25, 0.3) is 0 Å². The Labute approximate surface area is 97.9 Å². The number of aromatic amines is 1. The van der Waals surface area contributed by atoms with Crippen molar-refractivity contribution in [3.05, 3.63) is 32.6 Å². The second-order valence-electron chi connectivity index (χ2n) is 4.22. The van der Waals surface area contributed by atoms with E-state index < -0.39 is 11.2 Å². The topological polar surface area (TPSA) is 75.2 Å². The highest BCUT2D eigenvalue weighted by molar-refractivity contribution is 5.93. The SMILES string of the molecule is Cn1c(=O)[nH]cc(C(=O)N2CCCCC2)c1=O. The molecule has 0 saturated carbocycles. The first-order chi connectivity index (χ1) is 8.11. The summed E-state index contributed by atoms with van der Waals surface area (Å²) in [6.45, 7) is 1.36. The van der Waals surface area contributed by atoms with E-state index in [4.69, 9.17) is 0 Å². The van der Waals surface area contributed by atoms with Crippen LogP contribution >= 0.6 is 0 Å². The van der Waals surface area contributed by atoms with Crippen LogP contribution in [0.3, 0.4) is 0 Å². The summed E-state index contributed by atoms with van der Waals surface area (Å²) in [6.07, 6.45) is 4.26. The van der Waals surface area contributed by atoms with E-state index in [1.165, 1.54) is 13.2 Å². The number of nitrogens with zero attached hydrogens (tertiary/aromatic N) is 2. The highest BCUT2D eigenvalue weighted by Crippen LogP contribution is 2.10. The second kappa shape index (κ2) is 4.57. The van der Waals surface area contributed by atoms with Gasteiger partial charge in [0, 0.05) is 26.3 Å². The zero-order chi connectivity index (χ0) is 12.4. The summed E-state index contributed by atoms with van der Waals surface area (Å²) in [6, 6.07) is 0. The molecule has 1 N–H and O–H groups in total. The third-order valence-corrected chi connectivity index (χ3v) is 3.05. The summed E-state index contributed by atoms with van der Waals surface area (Å²) in [5.74, 6) is -0.290. The smallest absolute Gasteiger partial charge is 0.328 e. The molecule has 1 aromatic rings. The summed E-state index contributed by atoms with van der Waals surface area (Å²) in [5.41, 5.74) is -1.01. The van der Waals surface area contributed by atoms with Gasteiger partial charge in [0.25, 0.3) is 11.5 Å². The van der Waals surface area contributed by atoms with E-state index in [2.05, 4.69) is 4.98 Å². The van der Waals surface area contributed by atoms with Crippen molar-refractivity contribution in [1.82, 2.24) is 14.5 Å².